The number of carbonyl (C=O) groups is 2. The molecule has 2 unspecified atom stereocenters. The van der Waals surface area contributed by atoms with Crippen molar-refractivity contribution in [3.8, 4) is 0 Å². The van der Waals surface area contributed by atoms with Crippen LogP contribution in [0.25, 0.3) is 0 Å². The van der Waals surface area contributed by atoms with Crippen molar-refractivity contribution >= 4 is 17.6 Å². The Labute approximate surface area is 119 Å². The zero-order valence-electron chi connectivity index (χ0n) is 11.1. The first-order valence-corrected chi connectivity index (χ1v) is 6.75. The summed E-state index contributed by atoms with van der Waals surface area (Å²) in [4.78, 5) is 24.1. The number of halogens is 2. The summed E-state index contributed by atoms with van der Waals surface area (Å²) in [6.45, 7) is 0.791. The highest BCUT2D eigenvalue weighted by atomic mass is 19.1. The number of rotatable bonds is 2. The molecule has 2 heterocycles. The van der Waals surface area contributed by atoms with Gasteiger partial charge in [0.05, 0.1) is 17.5 Å². The van der Waals surface area contributed by atoms with Crippen LogP contribution in [-0.4, -0.2) is 36.1 Å². The molecular formula is C14H14F2N2O3. The summed E-state index contributed by atoms with van der Waals surface area (Å²) in [6, 6.07) is 1.34. The van der Waals surface area contributed by atoms with Gasteiger partial charge in [-0.05, 0) is 25.0 Å². The SMILES string of the molecule is O=C(O)c1cc(F)c(N2CCCC3C(=O)NCC32)c(F)c1. The lowest BCUT2D eigenvalue weighted by molar-refractivity contribution is -0.123. The number of amides is 1. The van der Waals surface area contributed by atoms with Gasteiger partial charge in [0.15, 0.2) is 0 Å². The predicted molar refractivity (Wildman–Crippen MR) is 70.2 cm³/mol. The molecule has 2 aliphatic rings. The van der Waals surface area contributed by atoms with E-state index >= 15 is 0 Å². The number of piperidine rings is 1. The van der Waals surface area contributed by atoms with Crippen molar-refractivity contribution in [2.45, 2.75) is 18.9 Å². The molecule has 2 aliphatic heterocycles. The molecule has 2 atom stereocenters. The van der Waals surface area contributed by atoms with E-state index in [-0.39, 0.29) is 23.6 Å². The minimum atomic E-state index is -1.38. The van der Waals surface area contributed by atoms with Crippen LogP contribution in [0.15, 0.2) is 12.1 Å². The molecule has 7 heteroatoms. The molecule has 0 radical (unpaired) electrons. The largest absolute Gasteiger partial charge is 0.478 e. The van der Waals surface area contributed by atoms with E-state index in [2.05, 4.69) is 5.32 Å². The van der Waals surface area contributed by atoms with Crippen LogP contribution in [0.5, 0.6) is 0 Å². The van der Waals surface area contributed by atoms with Gasteiger partial charge in [0.2, 0.25) is 5.91 Å². The van der Waals surface area contributed by atoms with Crippen molar-refractivity contribution in [2.24, 2.45) is 5.92 Å². The quantitative estimate of drug-likeness (QED) is 0.865. The first kappa shape index (κ1) is 13.8. The van der Waals surface area contributed by atoms with E-state index in [1.807, 2.05) is 0 Å². The maximum atomic E-state index is 14.2. The van der Waals surface area contributed by atoms with E-state index in [4.69, 9.17) is 5.11 Å². The molecule has 2 N–H and O–H groups in total. The number of anilines is 1. The maximum absolute atomic E-state index is 14.2. The van der Waals surface area contributed by atoms with Gasteiger partial charge in [-0.1, -0.05) is 0 Å². The summed E-state index contributed by atoms with van der Waals surface area (Å²) in [5, 5.41) is 11.5. The van der Waals surface area contributed by atoms with Crippen LogP contribution in [0, 0.1) is 17.6 Å². The van der Waals surface area contributed by atoms with Gasteiger partial charge in [-0.3, -0.25) is 4.79 Å². The Morgan fingerprint density at radius 2 is 2.00 bits per heavy atom. The molecule has 0 aromatic heterocycles. The summed E-state index contributed by atoms with van der Waals surface area (Å²) >= 11 is 0. The van der Waals surface area contributed by atoms with Crippen LogP contribution < -0.4 is 10.2 Å². The van der Waals surface area contributed by atoms with E-state index < -0.39 is 23.2 Å². The van der Waals surface area contributed by atoms with Crippen molar-refractivity contribution in [2.75, 3.05) is 18.0 Å². The summed E-state index contributed by atoms with van der Waals surface area (Å²) in [5.41, 5.74) is -0.672. The van der Waals surface area contributed by atoms with Crippen LogP contribution in [0.2, 0.25) is 0 Å². The molecule has 0 spiro atoms. The molecule has 0 bridgehead atoms. The summed E-state index contributed by atoms with van der Waals surface area (Å²) in [5.74, 6) is -3.56. The average Bonchev–Trinajstić information content (AvgIpc) is 2.80. The van der Waals surface area contributed by atoms with E-state index in [0.29, 0.717) is 25.9 Å². The number of carboxylic acids is 1. The molecule has 1 aromatic rings. The van der Waals surface area contributed by atoms with E-state index in [0.717, 1.165) is 12.1 Å². The van der Waals surface area contributed by atoms with Gasteiger partial charge >= 0.3 is 5.97 Å². The molecule has 2 fully saturated rings. The molecule has 112 valence electrons. The zero-order chi connectivity index (χ0) is 15.1. The fourth-order valence-corrected chi connectivity index (χ4v) is 3.19. The number of carboxylic acid groups (broad SMARTS) is 1. The van der Waals surface area contributed by atoms with E-state index in [9.17, 15) is 18.4 Å². The first-order chi connectivity index (χ1) is 9.99. The normalized spacial score (nSPS) is 24.7. The summed E-state index contributed by atoms with van der Waals surface area (Å²) < 4.78 is 28.3. The Hall–Kier alpha value is -2.18. The van der Waals surface area contributed by atoms with Crippen molar-refractivity contribution in [1.29, 1.82) is 0 Å². The standard InChI is InChI=1S/C14H14F2N2O3/c15-9-4-7(14(20)21)5-10(16)12(9)18-3-1-2-8-11(18)6-17-13(8)19/h4-5,8,11H,1-3,6H2,(H,17,19)(H,20,21). The van der Waals surface area contributed by atoms with Crippen molar-refractivity contribution in [1.82, 2.24) is 5.32 Å². The van der Waals surface area contributed by atoms with Crippen LogP contribution in [0.3, 0.4) is 0 Å². The van der Waals surface area contributed by atoms with Gasteiger partial charge in [-0.2, -0.15) is 0 Å². The molecule has 3 rings (SSSR count). The second kappa shape index (κ2) is 4.98. The Bertz CT molecular complexity index is 597. The Balaban J connectivity index is 2.00. The molecule has 0 aliphatic carbocycles. The lowest BCUT2D eigenvalue weighted by atomic mass is 9.91. The highest BCUT2D eigenvalue weighted by molar-refractivity contribution is 5.88. The zero-order valence-corrected chi connectivity index (χ0v) is 11.1. The minimum Gasteiger partial charge on any atom is -0.478 e. The number of carbonyl (C=O) groups excluding carboxylic acids is 1. The minimum absolute atomic E-state index is 0.0901. The van der Waals surface area contributed by atoms with Gasteiger partial charge in [0.25, 0.3) is 0 Å². The lowest BCUT2D eigenvalue weighted by Crippen LogP contribution is -2.46. The predicted octanol–water partition coefficient (Wildman–Crippen LogP) is 1.38. The van der Waals surface area contributed by atoms with Gasteiger partial charge in [-0.25, -0.2) is 13.6 Å². The summed E-state index contributed by atoms with van der Waals surface area (Å²) in [6.07, 6.45) is 1.36. The number of aromatic carboxylic acids is 1. The smallest absolute Gasteiger partial charge is 0.335 e. The summed E-state index contributed by atoms with van der Waals surface area (Å²) in [7, 11) is 0. The third-order valence-electron chi connectivity index (χ3n) is 4.15. The molecule has 2 saturated heterocycles. The van der Waals surface area contributed by atoms with Crippen molar-refractivity contribution in [3.63, 3.8) is 0 Å². The second-order valence-corrected chi connectivity index (χ2v) is 5.35. The fourth-order valence-electron chi connectivity index (χ4n) is 3.19. The van der Waals surface area contributed by atoms with E-state index in [1.165, 1.54) is 0 Å². The third kappa shape index (κ3) is 2.22. The maximum Gasteiger partial charge on any atom is 0.335 e. The van der Waals surface area contributed by atoms with Crippen LogP contribution in [-0.2, 0) is 4.79 Å². The number of fused-ring (bicyclic) bond motifs is 1. The fraction of sp³-hybridized carbons (Fsp3) is 0.429. The first-order valence-electron chi connectivity index (χ1n) is 6.75. The highest BCUT2D eigenvalue weighted by Crippen LogP contribution is 2.35. The molecule has 1 amide bonds. The number of nitrogens with one attached hydrogen (secondary N) is 1. The van der Waals surface area contributed by atoms with Gasteiger partial charge in [-0.15, -0.1) is 0 Å². The van der Waals surface area contributed by atoms with Gasteiger partial charge in [0, 0.05) is 13.1 Å². The number of benzene rings is 1. The third-order valence-corrected chi connectivity index (χ3v) is 4.15. The van der Waals surface area contributed by atoms with Gasteiger partial charge < -0.3 is 15.3 Å². The second-order valence-electron chi connectivity index (χ2n) is 5.35. The van der Waals surface area contributed by atoms with Crippen LogP contribution in [0.1, 0.15) is 23.2 Å². The highest BCUT2D eigenvalue weighted by Gasteiger charge is 2.42. The van der Waals surface area contributed by atoms with Crippen molar-refractivity contribution in [3.05, 3.63) is 29.3 Å². The monoisotopic (exact) mass is 296 g/mol. The van der Waals surface area contributed by atoms with Crippen LogP contribution in [0.4, 0.5) is 14.5 Å². The molecular weight excluding hydrogens is 282 g/mol. The molecule has 1 aromatic carbocycles. The molecule has 21 heavy (non-hydrogen) atoms. The molecule has 5 nitrogen and oxygen atoms in total. The Morgan fingerprint density at radius 1 is 1.33 bits per heavy atom. The van der Waals surface area contributed by atoms with Crippen molar-refractivity contribution < 1.29 is 23.5 Å². The number of nitrogens with zero attached hydrogens (tertiary/aromatic N) is 1. The average molecular weight is 296 g/mol. The molecule has 0 saturated carbocycles. The van der Waals surface area contributed by atoms with E-state index in [1.54, 1.807) is 4.90 Å². The van der Waals surface area contributed by atoms with Crippen LogP contribution >= 0.6 is 0 Å². The Morgan fingerprint density at radius 3 is 2.62 bits per heavy atom. The topological polar surface area (TPSA) is 69.6 Å². The Kier molecular flexibility index (Phi) is 3.27. The number of hydrogen-bond donors (Lipinski definition) is 2. The van der Waals surface area contributed by atoms with Gasteiger partial charge in [0.1, 0.15) is 17.3 Å². The lowest BCUT2D eigenvalue weighted by Gasteiger charge is -2.38. The number of hydrogen-bond acceptors (Lipinski definition) is 3.